The summed E-state index contributed by atoms with van der Waals surface area (Å²) in [5.41, 5.74) is 6.43. The molecule has 0 radical (unpaired) electrons. The predicted molar refractivity (Wildman–Crippen MR) is 132 cm³/mol. The average Bonchev–Trinajstić information content (AvgIpc) is 3.04. The van der Waals surface area contributed by atoms with Crippen molar-refractivity contribution in [2.75, 3.05) is 30.9 Å². The van der Waals surface area contributed by atoms with Crippen LogP contribution < -0.4 is 15.6 Å². The third kappa shape index (κ3) is 3.84. The lowest BCUT2D eigenvalue weighted by atomic mass is 9.81. The fourth-order valence-electron chi connectivity index (χ4n) is 5.39. The number of nitrogens with zero attached hydrogens (tertiary/aromatic N) is 2. The van der Waals surface area contributed by atoms with E-state index in [4.69, 9.17) is 9.47 Å². The molecule has 10 heteroatoms. The molecule has 0 bridgehead atoms. The fourth-order valence-corrected chi connectivity index (χ4v) is 6.47. The Bertz CT molecular complexity index is 1440. The van der Waals surface area contributed by atoms with Crippen LogP contribution in [0.4, 0.5) is 4.39 Å². The fraction of sp³-hybridized carbons (Fsp3) is 0.346. The number of hydrogen-bond acceptors (Lipinski definition) is 6. The van der Waals surface area contributed by atoms with Gasteiger partial charge >= 0.3 is 11.9 Å². The number of benzene rings is 1. The van der Waals surface area contributed by atoms with Crippen LogP contribution in [0.1, 0.15) is 36.2 Å². The lowest BCUT2D eigenvalue weighted by Crippen LogP contribution is -2.55. The zero-order valence-electron chi connectivity index (χ0n) is 19.6. The van der Waals surface area contributed by atoms with E-state index in [9.17, 15) is 14.7 Å². The van der Waals surface area contributed by atoms with E-state index in [1.807, 2.05) is 12.1 Å². The van der Waals surface area contributed by atoms with Gasteiger partial charge in [0.2, 0.25) is 16.9 Å². The highest BCUT2D eigenvalue weighted by atomic mass is 32.2. The van der Waals surface area contributed by atoms with Crippen LogP contribution in [-0.2, 0) is 16.0 Å². The van der Waals surface area contributed by atoms with Crippen molar-refractivity contribution >= 4 is 23.6 Å². The quantitative estimate of drug-likeness (QED) is 0.474. The molecule has 1 aliphatic carbocycles. The molecule has 3 aliphatic heterocycles. The largest absolute Gasteiger partial charge is 0.458 e. The van der Waals surface area contributed by atoms with Gasteiger partial charge in [0.25, 0.3) is 6.17 Å². The SMILES string of the molecule is CC(=O)Oc1c2n(c(C3CC(F)=CC4=C3Cc3ccccc3SC4)cc1=O)N[C@@H]1COCC[N+]1=C2O. The maximum Gasteiger partial charge on any atom is 0.392 e. The Morgan fingerprint density at radius 2 is 2.19 bits per heavy atom. The van der Waals surface area contributed by atoms with E-state index in [1.54, 1.807) is 27.1 Å². The summed E-state index contributed by atoms with van der Waals surface area (Å²) in [6.07, 6.45) is 1.92. The topological polar surface area (TPSA) is 92.8 Å². The van der Waals surface area contributed by atoms with Crippen molar-refractivity contribution in [2.24, 2.45) is 0 Å². The number of hydrogen-bond donors (Lipinski definition) is 2. The van der Waals surface area contributed by atoms with E-state index in [1.165, 1.54) is 13.0 Å². The number of aliphatic hydroxyl groups excluding tert-OH is 1. The number of allylic oxidation sites excluding steroid dienone is 3. The van der Waals surface area contributed by atoms with Gasteiger partial charge in [-0.2, -0.15) is 4.58 Å². The molecule has 0 saturated carbocycles. The molecule has 1 saturated heterocycles. The number of aromatic nitrogens is 1. The molecule has 4 aliphatic rings. The molecule has 2 atom stereocenters. The lowest BCUT2D eigenvalue weighted by Gasteiger charge is -2.34. The lowest BCUT2D eigenvalue weighted by molar-refractivity contribution is -0.591. The van der Waals surface area contributed by atoms with Crippen molar-refractivity contribution in [3.63, 3.8) is 0 Å². The van der Waals surface area contributed by atoms with Crippen LogP contribution in [-0.4, -0.2) is 57.9 Å². The number of carbonyl (C=O) groups excluding carboxylic acids is 1. The molecule has 2 N–H and O–H groups in total. The third-order valence-electron chi connectivity index (χ3n) is 6.99. The smallest absolute Gasteiger partial charge is 0.392 e. The highest BCUT2D eigenvalue weighted by Crippen LogP contribution is 2.44. The summed E-state index contributed by atoms with van der Waals surface area (Å²) in [4.78, 5) is 26.3. The molecule has 36 heavy (non-hydrogen) atoms. The maximum atomic E-state index is 15.0. The number of nitrogens with one attached hydrogen (secondary N) is 1. The Hall–Kier alpha value is -3.37. The highest BCUT2D eigenvalue weighted by molar-refractivity contribution is 7.99. The van der Waals surface area contributed by atoms with Crippen LogP contribution >= 0.6 is 11.8 Å². The summed E-state index contributed by atoms with van der Waals surface area (Å²) in [6.45, 7) is 2.30. The van der Waals surface area contributed by atoms with E-state index in [0.717, 1.165) is 21.6 Å². The molecule has 1 aromatic heterocycles. The number of esters is 1. The van der Waals surface area contributed by atoms with Crippen molar-refractivity contribution in [2.45, 2.75) is 36.7 Å². The number of fused-ring (bicyclic) bond motifs is 3. The number of halogens is 1. The minimum Gasteiger partial charge on any atom is -0.458 e. The second-order valence-corrected chi connectivity index (χ2v) is 10.3. The molecule has 0 spiro atoms. The average molecular weight is 511 g/mol. The van der Waals surface area contributed by atoms with Gasteiger partial charge in [0.1, 0.15) is 19.0 Å². The Kier molecular flexibility index (Phi) is 5.72. The van der Waals surface area contributed by atoms with Crippen LogP contribution in [0.5, 0.6) is 5.75 Å². The van der Waals surface area contributed by atoms with Gasteiger partial charge in [-0.25, -0.2) is 9.07 Å². The van der Waals surface area contributed by atoms with Crippen molar-refractivity contribution in [3.8, 4) is 5.75 Å². The summed E-state index contributed by atoms with van der Waals surface area (Å²) in [6, 6.07) is 9.52. The number of carbonyl (C=O) groups is 1. The summed E-state index contributed by atoms with van der Waals surface area (Å²) >= 11 is 1.67. The van der Waals surface area contributed by atoms with Gasteiger partial charge < -0.3 is 14.6 Å². The van der Waals surface area contributed by atoms with Crippen LogP contribution in [0.2, 0.25) is 0 Å². The number of rotatable bonds is 2. The van der Waals surface area contributed by atoms with Crippen LogP contribution in [0, 0.1) is 0 Å². The molecule has 186 valence electrons. The van der Waals surface area contributed by atoms with Crippen molar-refractivity contribution in [1.82, 2.24) is 4.68 Å². The van der Waals surface area contributed by atoms with Gasteiger partial charge in [-0.05, 0) is 29.7 Å². The zero-order chi connectivity index (χ0) is 25.0. The normalized spacial score (nSPS) is 22.9. The number of aliphatic hydroxyl groups is 1. The first-order valence-electron chi connectivity index (χ1n) is 11.8. The summed E-state index contributed by atoms with van der Waals surface area (Å²) in [7, 11) is 0. The zero-order valence-corrected chi connectivity index (χ0v) is 20.4. The highest BCUT2D eigenvalue weighted by Gasteiger charge is 2.42. The monoisotopic (exact) mass is 510 g/mol. The first-order valence-corrected chi connectivity index (χ1v) is 12.8. The van der Waals surface area contributed by atoms with Gasteiger partial charge in [0, 0.05) is 36.0 Å². The second kappa shape index (κ2) is 8.94. The molecule has 1 fully saturated rings. The van der Waals surface area contributed by atoms with Gasteiger partial charge in [-0.15, -0.1) is 11.8 Å². The first kappa shape index (κ1) is 23.1. The molecule has 2 aromatic rings. The Balaban J connectivity index is 1.55. The van der Waals surface area contributed by atoms with E-state index < -0.39 is 23.5 Å². The second-order valence-electron chi connectivity index (χ2n) is 9.25. The maximum absolute atomic E-state index is 15.0. The Morgan fingerprint density at radius 1 is 1.36 bits per heavy atom. The van der Waals surface area contributed by atoms with Gasteiger partial charge in [-0.1, -0.05) is 23.8 Å². The minimum atomic E-state index is -0.673. The van der Waals surface area contributed by atoms with E-state index in [0.29, 0.717) is 37.6 Å². The summed E-state index contributed by atoms with van der Waals surface area (Å²) in [5.74, 6) is -1.21. The van der Waals surface area contributed by atoms with Gasteiger partial charge in [-0.3, -0.25) is 15.0 Å². The third-order valence-corrected chi connectivity index (χ3v) is 8.16. The Morgan fingerprint density at radius 3 is 3.03 bits per heavy atom. The number of morpholine rings is 1. The Labute approximate surface area is 210 Å². The molecule has 6 rings (SSSR count). The molecule has 0 amide bonds. The summed E-state index contributed by atoms with van der Waals surface area (Å²) in [5, 5.41) is 11.3. The van der Waals surface area contributed by atoms with E-state index >= 15 is 4.39 Å². The van der Waals surface area contributed by atoms with Gasteiger partial charge in [0.05, 0.1) is 5.69 Å². The van der Waals surface area contributed by atoms with Crippen LogP contribution in [0.25, 0.3) is 0 Å². The van der Waals surface area contributed by atoms with Crippen molar-refractivity contribution in [3.05, 3.63) is 80.6 Å². The first-order chi connectivity index (χ1) is 17.4. The van der Waals surface area contributed by atoms with Crippen molar-refractivity contribution in [1.29, 1.82) is 0 Å². The molecule has 1 unspecified atom stereocenters. The van der Waals surface area contributed by atoms with Gasteiger partial charge in [0.15, 0.2) is 6.54 Å². The van der Waals surface area contributed by atoms with E-state index in [2.05, 4.69) is 17.6 Å². The standard InChI is InChI=1S/C26H24FN3O5S/c1-14(31)35-25-21(32)11-20(30-24(25)26(33)29-6-7-34-12-23(29)28-30)19-10-17(27)8-16-13-36-22-5-3-2-4-15(22)9-18(16)19/h2-5,8,11,19,23,28H,6-7,9-10,12-13H2,1H3/p+1/t19?,23-/m0/s1. The molecule has 8 nitrogen and oxygen atoms in total. The van der Waals surface area contributed by atoms with Crippen LogP contribution in [0.3, 0.4) is 0 Å². The summed E-state index contributed by atoms with van der Waals surface area (Å²) < 4.78 is 29.2. The number of ether oxygens (including phenoxy) is 2. The van der Waals surface area contributed by atoms with E-state index in [-0.39, 0.29) is 29.6 Å². The predicted octanol–water partition coefficient (Wildman–Crippen LogP) is 2.99. The minimum absolute atomic E-state index is 0.0614. The van der Waals surface area contributed by atoms with Crippen LogP contribution in [0.15, 0.2) is 63.1 Å². The molecule has 1 aromatic carbocycles. The number of pyridine rings is 1. The molecule has 4 heterocycles. The number of thioether (sulfide) groups is 1. The molecular weight excluding hydrogens is 485 g/mol. The van der Waals surface area contributed by atoms with Crippen molar-refractivity contribution < 1.29 is 28.3 Å². The molecular formula is C26H25FN3O5S+.